The van der Waals surface area contributed by atoms with Gasteiger partial charge in [-0.15, -0.1) is 0 Å². The van der Waals surface area contributed by atoms with Gasteiger partial charge in [0.1, 0.15) is 0 Å². The van der Waals surface area contributed by atoms with Crippen molar-refractivity contribution in [2.24, 2.45) is 0 Å². The highest BCUT2D eigenvalue weighted by molar-refractivity contribution is 6.10. The first kappa shape index (κ1) is 18.1. The molecule has 0 bridgehead atoms. The van der Waals surface area contributed by atoms with E-state index < -0.39 is 0 Å². The van der Waals surface area contributed by atoms with Crippen molar-refractivity contribution in [1.29, 1.82) is 0 Å². The van der Waals surface area contributed by atoms with Gasteiger partial charge in [0.05, 0.1) is 0 Å². The van der Waals surface area contributed by atoms with E-state index in [0.717, 1.165) is 33.4 Å². The number of hydrogen-bond acceptors (Lipinski definition) is 3. The van der Waals surface area contributed by atoms with E-state index in [1.807, 2.05) is 52.5 Å². The second-order valence-electron chi connectivity index (χ2n) is 7.04. The average molecular weight is 324 g/mol. The van der Waals surface area contributed by atoms with Crippen molar-refractivity contribution in [1.82, 2.24) is 0 Å². The quantitative estimate of drug-likeness (QED) is 0.784. The highest BCUT2D eigenvalue weighted by atomic mass is 16.1. The minimum absolute atomic E-state index is 0.0861. The first-order valence-corrected chi connectivity index (χ1v) is 8.25. The number of rotatable bonds is 4. The smallest absolute Gasteiger partial charge is 0.193 e. The number of aryl methyl sites for hydroxylation is 4. The van der Waals surface area contributed by atoms with Gasteiger partial charge in [0.15, 0.2) is 5.78 Å². The summed E-state index contributed by atoms with van der Waals surface area (Å²) in [6, 6.07) is 7.98. The topological polar surface area (TPSA) is 23.6 Å². The van der Waals surface area contributed by atoms with Crippen molar-refractivity contribution < 1.29 is 4.79 Å². The maximum atomic E-state index is 13.0. The van der Waals surface area contributed by atoms with Gasteiger partial charge in [-0.1, -0.05) is 0 Å². The monoisotopic (exact) mass is 324 g/mol. The molecule has 0 spiro atoms. The summed E-state index contributed by atoms with van der Waals surface area (Å²) < 4.78 is 0. The Morgan fingerprint density at radius 3 is 1.08 bits per heavy atom. The highest BCUT2D eigenvalue weighted by Crippen LogP contribution is 2.28. The van der Waals surface area contributed by atoms with Crippen molar-refractivity contribution >= 4 is 17.2 Å². The first-order chi connectivity index (χ1) is 11.1. The number of hydrogen-bond donors (Lipinski definition) is 0. The Morgan fingerprint density at radius 2 is 0.875 bits per heavy atom. The predicted octanol–water partition coefficient (Wildman–Crippen LogP) is 4.28. The van der Waals surface area contributed by atoms with Gasteiger partial charge in [0.2, 0.25) is 0 Å². The highest BCUT2D eigenvalue weighted by Gasteiger charge is 2.16. The molecule has 2 rings (SSSR count). The Labute approximate surface area is 145 Å². The van der Waals surface area contributed by atoms with Gasteiger partial charge in [-0.2, -0.15) is 0 Å². The molecule has 0 atom stereocenters. The van der Waals surface area contributed by atoms with Crippen LogP contribution in [0.1, 0.15) is 38.2 Å². The number of ketones is 1. The van der Waals surface area contributed by atoms with Crippen molar-refractivity contribution in [3.8, 4) is 0 Å². The number of nitrogens with zero attached hydrogens (tertiary/aromatic N) is 2. The molecule has 0 amide bonds. The second kappa shape index (κ2) is 6.68. The normalized spacial score (nSPS) is 10.7. The summed E-state index contributed by atoms with van der Waals surface area (Å²) in [6.45, 7) is 8.24. The van der Waals surface area contributed by atoms with Crippen LogP contribution in [-0.4, -0.2) is 34.0 Å². The van der Waals surface area contributed by atoms with Crippen LogP contribution in [0.25, 0.3) is 0 Å². The Kier molecular flexibility index (Phi) is 5.02. The van der Waals surface area contributed by atoms with Crippen LogP contribution in [0.5, 0.6) is 0 Å². The number of benzene rings is 2. The maximum absolute atomic E-state index is 13.0. The molecule has 128 valence electrons. The standard InChI is InChI=1S/C21H28N2O/c1-13-9-17(10-14(2)19(13)22(5)6)21(24)18-11-15(3)20(23(7)8)16(4)12-18/h9-12H,1-8H3. The molecule has 0 radical (unpaired) electrons. The molecule has 0 saturated carbocycles. The lowest BCUT2D eigenvalue weighted by Crippen LogP contribution is -2.14. The summed E-state index contributed by atoms with van der Waals surface area (Å²) >= 11 is 0. The molecule has 2 aromatic carbocycles. The third-order valence-corrected chi connectivity index (χ3v) is 4.40. The fourth-order valence-electron chi connectivity index (χ4n) is 3.75. The fourth-order valence-corrected chi connectivity index (χ4v) is 3.75. The lowest BCUT2D eigenvalue weighted by Gasteiger charge is -2.21. The molecule has 0 saturated heterocycles. The van der Waals surface area contributed by atoms with Gasteiger partial charge >= 0.3 is 0 Å². The van der Waals surface area contributed by atoms with Crippen LogP contribution in [0.3, 0.4) is 0 Å². The minimum Gasteiger partial charge on any atom is -0.377 e. The Balaban J connectivity index is 2.50. The van der Waals surface area contributed by atoms with E-state index in [1.165, 1.54) is 11.4 Å². The molecule has 0 aliphatic rings. The predicted molar refractivity (Wildman–Crippen MR) is 104 cm³/mol. The van der Waals surface area contributed by atoms with E-state index in [0.29, 0.717) is 0 Å². The zero-order chi connectivity index (χ0) is 18.2. The summed E-state index contributed by atoms with van der Waals surface area (Å²) in [7, 11) is 8.13. The average Bonchev–Trinajstić information content (AvgIpc) is 2.43. The lowest BCUT2D eigenvalue weighted by atomic mass is 9.94. The van der Waals surface area contributed by atoms with Gasteiger partial charge in [-0.3, -0.25) is 4.79 Å². The number of carbonyl (C=O) groups is 1. The van der Waals surface area contributed by atoms with E-state index in [2.05, 4.69) is 37.5 Å². The Morgan fingerprint density at radius 1 is 0.625 bits per heavy atom. The first-order valence-electron chi connectivity index (χ1n) is 8.25. The van der Waals surface area contributed by atoms with Gasteiger partial charge in [0, 0.05) is 50.7 Å². The third kappa shape index (κ3) is 3.30. The van der Waals surface area contributed by atoms with Crippen LogP contribution in [-0.2, 0) is 0 Å². The minimum atomic E-state index is 0.0861. The zero-order valence-corrected chi connectivity index (χ0v) is 16.1. The van der Waals surface area contributed by atoms with Crippen molar-refractivity contribution in [3.63, 3.8) is 0 Å². The van der Waals surface area contributed by atoms with Gasteiger partial charge < -0.3 is 9.80 Å². The van der Waals surface area contributed by atoms with E-state index >= 15 is 0 Å². The molecular weight excluding hydrogens is 296 g/mol. The van der Waals surface area contributed by atoms with Crippen molar-refractivity contribution in [2.45, 2.75) is 27.7 Å². The molecule has 0 aromatic heterocycles. The van der Waals surface area contributed by atoms with E-state index in [1.54, 1.807) is 0 Å². The molecule has 0 fully saturated rings. The lowest BCUT2D eigenvalue weighted by molar-refractivity contribution is 0.103. The summed E-state index contributed by atoms with van der Waals surface area (Å²) in [5.41, 5.74) is 8.38. The van der Waals surface area contributed by atoms with Crippen LogP contribution in [0.15, 0.2) is 24.3 Å². The van der Waals surface area contributed by atoms with Crippen LogP contribution < -0.4 is 9.80 Å². The van der Waals surface area contributed by atoms with E-state index in [4.69, 9.17) is 0 Å². The van der Waals surface area contributed by atoms with Crippen LogP contribution in [0.2, 0.25) is 0 Å². The summed E-state index contributed by atoms with van der Waals surface area (Å²) in [5, 5.41) is 0. The van der Waals surface area contributed by atoms with Crippen LogP contribution >= 0.6 is 0 Å². The largest absolute Gasteiger partial charge is 0.377 e. The van der Waals surface area contributed by atoms with Crippen LogP contribution in [0.4, 0.5) is 11.4 Å². The zero-order valence-electron chi connectivity index (χ0n) is 16.1. The van der Waals surface area contributed by atoms with Gasteiger partial charge in [-0.05, 0) is 74.2 Å². The van der Waals surface area contributed by atoms with Crippen molar-refractivity contribution in [3.05, 3.63) is 57.6 Å². The van der Waals surface area contributed by atoms with Crippen molar-refractivity contribution in [2.75, 3.05) is 38.0 Å². The number of anilines is 2. The molecule has 0 N–H and O–H groups in total. The van der Waals surface area contributed by atoms with E-state index in [9.17, 15) is 4.79 Å². The molecule has 0 aliphatic heterocycles. The molecule has 0 unspecified atom stereocenters. The molecule has 3 heteroatoms. The third-order valence-electron chi connectivity index (χ3n) is 4.40. The Hall–Kier alpha value is -2.29. The van der Waals surface area contributed by atoms with Gasteiger partial charge in [-0.25, -0.2) is 0 Å². The molecule has 0 heterocycles. The fraction of sp³-hybridized carbons (Fsp3) is 0.381. The summed E-state index contributed by atoms with van der Waals surface area (Å²) in [5.74, 6) is 0.0861. The maximum Gasteiger partial charge on any atom is 0.193 e. The molecule has 0 aliphatic carbocycles. The molecular formula is C21H28N2O. The SMILES string of the molecule is Cc1cc(C(=O)c2cc(C)c(N(C)C)c(C)c2)cc(C)c1N(C)C. The summed E-state index contributed by atoms with van der Waals surface area (Å²) in [4.78, 5) is 17.2. The van der Waals surface area contributed by atoms with E-state index in [-0.39, 0.29) is 5.78 Å². The number of carbonyl (C=O) groups excluding carboxylic acids is 1. The molecule has 2 aromatic rings. The Bertz CT molecular complexity index is 677. The molecule has 24 heavy (non-hydrogen) atoms. The molecule has 3 nitrogen and oxygen atoms in total. The van der Waals surface area contributed by atoms with Gasteiger partial charge in [0.25, 0.3) is 0 Å². The summed E-state index contributed by atoms with van der Waals surface area (Å²) in [6.07, 6.45) is 0. The van der Waals surface area contributed by atoms with Crippen LogP contribution in [0, 0.1) is 27.7 Å². The second-order valence-corrected chi connectivity index (χ2v) is 7.04.